The number of hydrogen-bond donors (Lipinski definition) is 5. The number of hydrogen-bond acceptors (Lipinski definition) is 8. The molecule has 0 aromatic rings. The van der Waals surface area contributed by atoms with Crippen LogP contribution in [0.4, 0.5) is 0 Å². The minimum absolute atomic E-state index is 0.0464. The Balaban J connectivity index is 2.71. The topological polar surface area (TPSA) is 137 Å². The maximum absolute atomic E-state index is 12.1. The third-order valence-electron chi connectivity index (χ3n) is 3.95. The van der Waals surface area contributed by atoms with E-state index in [9.17, 15) is 30.3 Å². The summed E-state index contributed by atoms with van der Waals surface area (Å²) in [6.45, 7) is 5.95. The fourth-order valence-corrected chi connectivity index (χ4v) is 2.24. The zero-order valence-corrected chi connectivity index (χ0v) is 13.8. The Morgan fingerprint density at radius 3 is 2.50 bits per heavy atom. The molecule has 1 aliphatic heterocycles. The molecule has 0 radical (unpaired) electrons. The highest BCUT2D eigenvalue weighted by Crippen LogP contribution is 2.23. The van der Waals surface area contributed by atoms with Gasteiger partial charge >= 0.3 is 5.97 Å². The lowest BCUT2D eigenvalue weighted by Crippen LogP contribution is -2.58. The second-order valence-electron chi connectivity index (χ2n) is 6.07. The van der Waals surface area contributed by atoms with Crippen molar-refractivity contribution in [2.45, 2.75) is 63.0 Å². The summed E-state index contributed by atoms with van der Waals surface area (Å²) < 4.78 is 10.1. The monoisotopic (exact) mass is 346 g/mol. The average molecular weight is 346 g/mol. The summed E-state index contributed by atoms with van der Waals surface area (Å²) in [5.74, 6) is -0.876. The third-order valence-corrected chi connectivity index (χ3v) is 3.95. The quantitative estimate of drug-likeness (QED) is 0.225. The first-order chi connectivity index (χ1) is 11.1. The zero-order valence-electron chi connectivity index (χ0n) is 13.8. The van der Waals surface area contributed by atoms with Gasteiger partial charge in [-0.25, -0.2) is 4.79 Å². The Hall–Kier alpha value is -1.29. The maximum atomic E-state index is 12.1. The predicted octanol–water partition coefficient (Wildman–Crippen LogP) is -1.01. The number of ether oxygens (including phenoxy) is 2. The molecule has 0 amide bonds. The molecule has 0 bridgehead atoms. The van der Waals surface area contributed by atoms with E-state index >= 15 is 0 Å². The SMILES string of the molecule is C=CC(C)(O)CC/C=C(\CO)C(=O)O[C@H]1[C@H](O)[C@@H](O)[C@H](O)O[C@@H]1C. The van der Waals surface area contributed by atoms with Gasteiger partial charge in [0, 0.05) is 0 Å². The number of esters is 1. The number of rotatable bonds is 7. The number of aliphatic hydroxyl groups is 5. The molecule has 1 heterocycles. The van der Waals surface area contributed by atoms with E-state index in [1.54, 1.807) is 6.92 Å². The molecule has 5 N–H and O–H groups in total. The van der Waals surface area contributed by atoms with Crippen molar-refractivity contribution in [2.24, 2.45) is 0 Å². The standard InChI is InChI=1S/C16H26O8/c1-4-16(3,22)7-5-6-10(8-17)14(20)24-13-9(2)23-15(21)12(19)11(13)18/h4,6,9,11-13,15,17-19,21-22H,1,5,7-8H2,2-3H3/b10-6+/t9-,11-,12-,13-,15-,16?/m1/s1. The summed E-state index contributed by atoms with van der Waals surface area (Å²) in [4.78, 5) is 12.1. The summed E-state index contributed by atoms with van der Waals surface area (Å²) in [5.41, 5.74) is -1.14. The second kappa shape index (κ2) is 8.70. The Kier molecular flexibility index (Phi) is 7.53. The van der Waals surface area contributed by atoms with Crippen molar-refractivity contribution in [3.05, 3.63) is 24.3 Å². The number of carbonyl (C=O) groups is 1. The van der Waals surface area contributed by atoms with Gasteiger partial charge in [-0.15, -0.1) is 6.58 Å². The van der Waals surface area contributed by atoms with E-state index < -0.39 is 48.9 Å². The molecule has 1 saturated heterocycles. The van der Waals surface area contributed by atoms with Crippen LogP contribution in [0.5, 0.6) is 0 Å². The number of aliphatic hydroxyl groups excluding tert-OH is 4. The predicted molar refractivity (Wildman–Crippen MR) is 83.7 cm³/mol. The molecule has 8 heteroatoms. The van der Waals surface area contributed by atoms with Crippen LogP contribution < -0.4 is 0 Å². The molecule has 138 valence electrons. The normalized spacial score (nSPS) is 33.6. The minimum atomic E-state index is -1.61. The van der Waals surface area contributed by atoms with Gasteiger partial charge in [-0.1, -0.05) is 12.2 Å². The number of carbonyl (C=O) groups excluding carboxylic acids is 1. The van der Waals surface area contributed by atoms with Gasteiger partial charge < -0.3 is 35.0 Å². The van der Waals surface area contributed by atoms with Crippen molar-refractivity contribution < 1.29 is 39.8 Å². The Labute approximate surface area is 140 Å². The molecule has 0 aromatic heterocycles. The highest BCUT2D eigenvalue weighted by Gasteiger charge is 2.44. The second-order valence-corrected chi connectivity index (χ2v) is 6.07. The van der Waals surface area contributed by atoms with E-state index in [0.717, 1.165) is 0 Å². The van der Waals surface area contributed by atoms with Crippen molar-refractivity contribution >= 4 is 5.97 Å². The van der Waals surface area contributed by atoms with Gasteiger partial charge in [0.2, 0.25) is 0 Å². The third kappa shape index (κ3) is 5.37. The van der Waals surface area contributed by atoms with Gasteiger partial charge in [0.05, 0.1) is 23.9 Å². The molecule has 1 aliphatic rings. The van der Waals surface area contributed by atoms with E-state index in [4.69, 9.17) is 9.47 Å². The molecule has 0 aliphatic carbocycles. The van der Waals surface area contributed by atoms with Crippen LogP contribution in [0.15, 0.2) is 24.3 Å². The zero-order chi connectivity index (χ0) is 18.5. The molecular weight excluding hydrogens is 320 g/mol. The largest absolute Gasteiger partial charge is 0.453 e. The van der Waals surface area contributed by atoms with Crippen molar-refractivity contribution in [1.82, 2.24) is 0 Å². The van der Waals surface area contributed by atoms with E-state index in [0.29, 0.717) is 12.8 Å². The average Bonchev–Trinajstić information content (AvgIpc) is 2.53. The highest BCUT2D eigenvalue weighted by atomic mass is 16.7. The molecule has 1 fully saturated rings. The summed E-state index contributed by atoms with van der Waals surface area (Å²) >= 11 is 0. The van der Waals surface area contributed by atoms with Gasteiger partial charge in [0.25, 0.3) is 0 Å². The molecule has 0 spiro atoms. The lowest BCUT2D eigenvalue weighted by Gasteiger charge is -2.38. The van der Waals surface area contributed by atoms with E-state index in [1.165, 1.54) is 19.1 Å². The van der Waals surface area contributed by atoms with Crippen molar-refractivity contribution in [2.75, 3.05) is 6.61 Å². The number of allylic oxidation sites excluding steroid dienone is 1. The van der Waals surface area contributed by atoms with Crippen LogP contribution in [0.3, 0.4) is 0 Å². The van der Waals surface area contributed by atoms with Crippen LogP contribution in [-0.2, 0) is 14.3 Å². The van der Waals surface area contributed by atoms with E-state index in [-0.39, 0.29) is 5.57 Å². The van der Waals surface area contributed by atoms with E-state index in [1.807, 2.05) is 0 Å². The van der Waals surface area contributed by atoms with Crippen LogP contribution in [0.1, 0.15) is 26.7 Å². The molecule has 6 atom stereocenters. The fourth-order valence-electron chi connectivity index (χ4n) is 2.24. The smallest absolute Gasteiger partial charge is 0.336 e. The summed E-state index contributed by atoms with van der Waals surface area (Å²) in [5, 5.41) is 48.0. The van der Waals surface area contributed by atoms with Gasteiger partial charge in [0.15, 0.2) is 12.4 Å². The first kappa shape index (κ1) is 20.8. The fraction of sp³-hybridized carbons (Fsp3) is 0.688. The van der Waals surface area contributed by atoms with Crippen LogP contribution in [0, 0.1) is 0 Å². The van der Waals surface area contributed by atoms with E-state index in [2.05, 4.69) is 6.58 Å². The molecule has 0 aromatic carbocycles. The van der Waals surface area contributed by atoms with Crippen molar-refractivity contribution in [3.63, 3.8) is 0 Å². The minimum Gasteiger partial charge on any atom is -0.453 e. The first-order valence-electron chi connectivity index (χ1n) is 7.69. The first-order valence-corrected chi connectivity index (χ1v) is 7.69. The lowest BCUT2D eigenvalue weighted by molar-refractivity contribution is -0.280. The summed E-state index contributed by atoms with van der Waals surface area (Å²) in [6.07, 6.45) is -3.34. The van der Waals surface area contributed by atoms with Gasteiger partial charge in [-0.05, 0) is 26.7 Å². The van der Waals surface area contributed by atoms with Crippen molar-refractivity contribution in [3.8, 4) is 0 Å². The van der Waals surface area contributed by atoms with Crippen LogP contribution >= 0.6 is 0 Å². The summed E-state index contributed by atoms with van der Waals surface area (Å²) in [6, 6.07) is 0. The van der Waals surface area contributed by atoms with Gasteiger partial charge in [-0.3, -0.25) is 0 Å². The van der Waals surface area contributed by atoms with Crippen molar-refractivity contribution in [1.29, 1.82) is 0 Å². The van der Waals surface area contributed by atoms with Gasteiger partial charge in [0.1, 0.15) is 12.2 Å². The maximum Gasteiger partial charge on any atom is 0.336 e. The Morgan fingerprint density at radius 2 is 1.96 bits per heavy atom. The lowest BCUT2D eigenvalue weighted by atomic mass is 9.99. The molecular formula is C16H26O8. The Morgan fingerprint density at radius 1 is 1.33 bits per heavy atom. The van der Waals surface area contributed by atoms with Gasteiger partial charge in [-0.2, -0.15) is 0 Å². The van der Waals surface area contributed by atoms with Crippen LogP contribution in [-0.4, -0.2) is 74.4 Å². The van der Waals surface area contributed by atoms with Crippen LogP contribution in [0.2, 0.25) is 0 Å². The Bertz CT molecular complexity index is 473. The molecule has 0 saturated carbocycles. The summed E-state index contributed by atoms with van der Waals surface area (Å²) in [7, 11) is 0. The molecule has 1 unspecified atom stereocenters. The molecule has 8 nitrogen and oxygen atoms in total. The molecule has 24 heavy (non-hydrogen) atoms. The molecule has 1 rings (SSSR count). The highest BCUT2D eigenvalue weighted by molar-refractivity contribution is 5.88. The van der Waals surface area contributed by atoms with Crippen LogP contribution in [0.25, 0.3) is 0 Å².